The molecule has 1 heterocycles. The maximum Gasteiger partial charge on any atom is 0.306 e. The van der Waals surface area contributed by atoms with E-state index in [1.807, 2.05) is 25.1 Å². The van der Waals surface area contributed by atoms with Gasteiger partial charge in [0, 0.05) is 5.56 Å². The normalized spacial score (nSPS) is 15.1. The van der Waals surface area contributed by atoms with Crippen LogP contribution in [0.5, 0.6) is 11.5 Å². The molecule has 0 unspecified atom stereocenters. The zero-order valence-electron chi connectivity index (χ0n) is 15.7. The van der Waals surface area contributed by atoms with Gasteiger partial charge >= 0.3 is 5.97 Å². The molecule has 1 N–H and O–H groups in total. The maximum absolute atomic E-state index is 13.1. The first-order valence-corrected chi connectivity index (χ1v) is 10.2. The second-order valence-corrected chi connectivity index (χ2v) is 7.62. The number of carboxylic acid groups (broad SMARTS) is 1. The van der Waals surface area contributed by atoms with Crippen LogP contribution in [-0.4, -0.2) is 34.5 Å². The number of anilines is 1. The number of thiocarbonyl (C=S) groups is 1. The van der Waals surface area contributed by atoms with Crippen LogP contribution in [0.1, 0.15) is 18.9 Å². The van der Waals surface area contributed by atoms with Crippen molar-refractivity contribution in [1.82, 2.24) is 0 Å². The minimum atomic E-state index is -0.934. The number of para-hydroxylation sites is 3. The zero-order valence-corrected chi connectivity index (χ0v) is 17.3. The Morgan fingerprint density at radius 3 is 2.55 bits per heavy atom. The van der Waals surface area contributed by atoms with E-state index in [4.69, 9.17) is 26.8 Å². The lowest BCUT2D eigenvalue weighted by atomic mass is 10.2. The van der Waals surface area contributed by atoms with Gasteiger partial charge in [-0.3, -0.25) is 14.5 Å². The van der Waals surface area contributed by atoms with Crippen molar-refractivity contribution in [3.05, 3.63) is 59.0 Å². The Hall–Kier alpha value is -2.84. The fourth-order valence-corrected chi connectivity index (χ4v) is 3.99. The predicted molar refractivity (Wildman–Crippen MR) is 117 cm³/mol. The van der Waals surface area contributed by atoms with E-state index in [1.54, 1.807) is 36.4 Å². The summed E-state index contributed by atoms with van der Waals surface area (Å²) in [5.41, 5.74) is 1.28. The molecule has 1 amide bonds. The molecule has 1 aliphatic rings. The molecule has 1 aliphatic heterocycles. The number of ether oxygens (including phenoxy) is 2. The lowest BCUT2D eigenvalue weighted by molar-refractivity contribution is -0.137. The van der Waals surface area contributed by atoms with Crippen LogP contribution in [-0.2, 0) is 9.59 Å². The molecule has 2 aromatic rings. The number of nitrogens with zero attached hydrogens (tertiary/aromatic N) is 1. The summed E-state index contributed by atoms with van der Waals surface area (Å²) in [6.07, 6.45) is 1.60. The lowest BCUT2D eigenvalue weighted by Crippen LogP contribution is -2.28. The third-order valence-corrected chi connectivity index (χ3v) is 5.28. The van der Waals surface area contributed by atoms with E-state index in [0.29, 0.717) is 38.6 Å². The summed E-state index contributed by atoms with van der Waals surface area (Å²) in [4.78, 5) is 25.7. The highest BCUT2D eigenvalue weighted by atomic mass is 32.2. The number of thioether (sulfide) groups is 1. The van der Waals surface area contributed by atoms with Gasteiger partial charge in [0.05, 0.1) is 30.2 Å². The van der Waals surface area contributed by atoms with E-state index in [-0.39, 0.29) is 18.9 Å². The molecule has 29 heavy (non-hydrogen) atoms. The fraction of sp³-hybridized carbons (Fsp3) is 0.190. The summed E-state index contributed by atoms with van der Waals surface area (Å²) in [5.74, 6) is -0.0810. The molecule has 1 fully saturated rings. The van der Waals surface area contributed by atoms with Gasteiger partial charge in [0.1, 0.15) is 11.5 Å². The average Bonchev–Trinajstić information content (AvgIpc) is 2.97. The van der Waals surface area contributed by atoms with Crippen molar-refractivity contribution in [2.75, 3.05) is 18.1 Å². The predicted octanol–water partition coefficient (Wildman–Crippen LogP) is 4.34. The van der Waals surface area contributed by atoms with Crippen LogP contribution in [0.15, 0.2) is 53.4 Å². The van der Waals surface area contributed by atoms with E-state index in [9.17, 15) is 9.59 Å². The zero-order chi connectivity index (χ0) is 20.8. The number of amides is 1. The number of benzene rings is 2. The Morgan fingerprint density at radius 2 is 1.83 bits per heavy atom. The van der Waals surface area contributed by atoms with Crippen LogP contribution in [0.2, 0.25) is 0 Å². The second kappa shape index (κ2) is 9.58. The van der Waals surface area contributed by atoms with Crippen LogP contribution in [0.3, 0.4) is 0 Å². The van der Waals surface area contributed by atoms with E-state index in [1.165, 1.54) is 16.7 Å². The highest BCUT2D eigenvalue weighted by Crippen LogP contribution is 2.40. The molecule has 8 heteroatoms. The molecule has 0 aromatic heterocycles. The Labute approximate surface area is 178 Å². The number of carbonyl (C=O) groups excluding carboxylic acids is 1. The monoisotopic (exact) mass is 429 g/mol. The smallest absolute Gasteiger partial charge is 0.306 e. The van der Waals surface area contributed by atoms with Gasteiger partial charge in [-0.15, -0.1) is 0 Å². The fourth-order valence-electron chi connectivity index (χ4n) is 2.72. The Morgan fingerprint density at radius 1 is 1.14 bits per heavy atom. The standard InChI is InChI=1S/C21H19NO5S2/c1-2-26-17-10-6-4-8-15(17)22-20(25)18(29-21(22)28)13-14-7-3-5-9-16(14)27-12-11-19(23)24/h3-10,13H,2,11-12H2,1H3,(H,23,24)/b18-13+. The van der Waals surface area contributed by atoms with Gasteiger partial charge in [0.25, 0.3) is 5.91 Å². The molecule has 0 bridgehead atoms. The third kappa shape index (κ3) is 4.96. The minimum Gasteiger partial charge on any atom is -0.492 e. The van der Waals surface area contributed by atoms with Crippen molar-refractivity contribution < 1.29 is 24.2 Å². The minimum absolute atomic E-state index is 0.0445. The van der Waals surface area contributed by atoms with E-state index < -0.39 is 5.97 Å². The molecule has 6 nitrogen and oxygen atoms in total. The lowest BCUT2D eigenvalue weighted by Gasteiger charge is -2.18. The molecule has 1 saturated heterocycles. The average molecular weight is 430 g/mol. The van der Waals surface area contributed by atoms with Crippen LogP contribution >= 0.6 is 24.0 Å². The van der Waals surface area contributed by atoms with Gasteiger partial charge in [-0.05, 0) is 31.2 Å². The van der Waals surface area contributed by atoms with Crippen molar-refractivity contribution in [3.8, 4) is 11.5 Å². The van der Waals surface area contributed by atoms with Crippen LogP contribution < -0.4 is 14.4 Å². The Bertz CT molecular complexity index is 973. The van der Waals surface area contributed by atoms with Gasteiger partial charge in [-0.25, -0.2) is 0 Å². The number of hydrogen-bond donors (Lipinski definition) is 1. The molecular formula is C21H19NO5S2. The van der Waals surface area contributed by atoms with Crippen LogP contribution in [0.4, 0.5) is 5.69 Å². The number of rotatable bonds is 8. The summed E-state index contributed by atoms with van der Waals surface area (Å²) in [7, 11) is 0. The molecule has 3 rings (SSSR count). The topological polar surface area (TPSA) is 76.1 Å². The Kier molecular flexibility index (Phi) is 6.90. The van der Waals surface area contributed by atoms with Crippen molar-refractivity contribution in [1.29, 1.82) is 0 Å². The molecule has 0 spiro atoms. The summed E-state index contributed by atoms with van der Waals surface area (Å²) in [5, 5.41) is 8.78. The first-order chi connectivity index (χ1) is 14.0. The summed E-state index contributed by atoms with van der Waals surface area (Å²) >= 11 is 6.64. The van der Waals surface area contributed by atoms with E-state index in [2.05, 4.69) is 0 Å². The van der Waals surface area contributed by atoms with Crippen molar-refractivity contribution >= 4 is 51.9 Å². The van der Waals surface area contributed by atoms with E-state index >= 15 is 0 Å². The van der Waals surface area contributed by atoms with E-state index in [0.717, 1.165) is 0 Å². The number of aliphatic carboxylic acids is 1. The van der Waals surface area contributed by atoms with Crippen LogP contribution in [0, 0.1) is 0 Å². The first-order valence-electron chi connectivity index (χ1n) is 8.94. The number of carboxylic acids is 1. The van der Waals surface area contributed by atoms with Gasteiger partial charge in [0.2, 0.25) is 0 Å². The summed E-state index contributed by atoms with van der Waals surface area (Å²) < 4.78 is 11.6. The SMILES string of the molecule is CCOc1ccccc1N1C(=O)/C(=C\c2ccccc2OCCC(=O)O)SC1=S. The first kappa shape index (κ1) is 20.9. The van der Waals surface area contributed by atoms with Gasteiger partial charge < -0.3 is 14.6 Å². The molecule has 150 valence electrons. The third-order valence-electron chi connectivity index (χ3n) is 3.98. The van der Waals surface area contributed by atoms with Crippen molar-refractivity contribution in [2.24, 2.45) is 0 Å². The maximum atomic E-state index is 13.1. The Balaban J connectivity index is 1.87. The second-order valence-electron chi connectivity index (χ2n) is 5.95. The molecule has 0 saturated carbocycles. The molecule has 0 aliphatic carbocycles. The molecule has 0 atom stereocenters. The number of carbonyl (C=O) groups is 2. The van der Waals surface area contributed by atoms with Crippen molar-refractivity contribution in [2.45, 2.75) is 13.3 Å². The quantitative estimate of drug-likeness (QED) is 0.494. The largest absolute Gasteiger partial charge is 0.492 e. The molecule has 2 aromatic carbocycles. The highest BCUT2D eigenvalue weighted by molar-refractivity contribution is 8.27. The van der Waals surface area contributed by atoms with Gasteiger partial charge in [0.15, 0.2) is 4.32 Å². The molecular weight excluding hydrogens is 410 g/mol. The van der Waals surface area contributed by atoms with Crippen LogP contribution in [0.25, 0.3) is 6.08 Å². The van der Waals surface area contributed by atoms with Gasteiger partial charge in [-0.2, -0.15) is 0 Å². The van der Waals surface area contributed by atoms with Crippen molar-refractivity contribution in [3.63, 3.8) is 0 Å². The highest BCUT2D eigenvalue weighted by Gasteiger charge is 2.35. The molecule has 0 radical (unpaired) electrons. The van der Waals surface area contributed by atoms with Gasteiger partial charge in [-0.1, -0.05) is 54.3 Å². The number of hydrogen-bond acceptors (Lipinski definition) is 6. The summed E-state index contributed by atoms with van der Waals surface area (Å²) in [6, 6.07) is 14.4. The summed E-state index contributed by atoms with van der Waals surface area (Å²) in [6.45, 7) is 2.40.